The lowest BCUT2D eigenvalue weighted by Gasteiger charge is -2.14. The molecule has 1 saturated carbocycles. The molecule has 1 aromatic heterocycles. The van der Waals surface area contributed by atoms with Gasteiger partial charge in [-0.25, -0.2) is 0 Å². The van der Waals surface area contributed by atoms with Gasteiger partial charge in [0.15, 0.2) is 0 Å². The van der Waals surface area contributed by atoms with Crippen LogP contribution in [0.15, 0.2) is 36.4 Å². The molecule has 0 spiro atoms. The van der Waals surface area contributed by atoms with Crippen molar-refractivity contribution in [3.05, 3.63) is 57.3 Å². The van der Waals surface area contributed by atoms with E-state index in [1.165, 1.54) is 27.3 Å². The maximum absolute atomic E-state index is 5.80. The summed E-state index contributed by atoms with van der Waals surface area (Å²) >= 11 is 1.87. The molecule has 3 heteroatoms. The van der Waals surface area contributed by atoms with Gasteiger partial charge in [0.2, 0.25) is 0 Å². The number of hydrogen-bond donors (Lipinski definition) is 2. The first-order valence-electron chi connectivity index (χ1n) is 6.78. The molecule has 19 heavy (non-hydrogen) atoms. The Kier molecular flexibility index (Phi) is 3.44. The maximum Gasteiger partial charge on any atom is 0.0587 e. The highest BCUT2D eigenvalue weighted by Crippen LogP contribution is 2.54. The van der Waals surface area contributed by atoms with Crippen LogP contribution >= 0.6 is 11.3 Å². The fraction of sp³-hybridized carbons (Fsp3) is 0.375. The van der Waals surface area contributed by atoms with Gasteiger partial charge in [-0.05, 0) is 49.3 Å². The molecule has 0 amide bonds. The third-order valence-corrected chi connectivity index (χ3v) is 5.40. The van der Waals surface area contributed by atoms with Crippen molar-refractivity contribution >= 4 is 11.3 Å². The lowest BCUT2D eigenvalue weighted by atomic mass is 10.0. The Morgan fingerprint density at radius 3 is 2.58 bits per heavy atom. The predicted octanol–water partition coefficient (Wildman–Crippen LogP) is 3.67. The highest BCUT2D eigenvalue weighted by molar-refractivity contribution is 7.12. The number of nitrogens with two attached hydrogens (primary N) is 1. The molecular formula is C16H20N2S. The maximum atomic E-state index is 5.80. The predicted molar refractivity (Wildman–Crippen MR) is 81.1 cm³/mol. The second-order valence-corrected chi connectivity index (χ2v) is 6.74. The summed E-state index contributed by atoms with van der Waals surface area (Å²) < 4.78 is 0. The number of benzene rings is 1. The summed E-state index contributed by atoms with van der Waals surface area (Å²) in [5.74, 6) is 7.09. The SMILES string of the molecule is Cc1cc(C(NN)C2CC2c2ccccc2)sc1C. The first-order valence-corrected chi connectivity index (χ1v) is 7.60. The summed E-state index contributed by atoms with van der Waals surface area (Å²) in [6.07, 6.45) is 1.23. The van der Waals surface area contributed by atoms with Crippen LogP contribution in [0.1, 0.15) is 39.3 Å². The first-order chi connectivity index (χ1) is 9.20. The zero-order valence-corrected chi connectivity index (χ0v) is 12.2. The van der Waals surface area contributed by atoms with E-state index in [2.05, 4.69) is 55.7 Å². The van der Waals surface area contributed by atoms with Crippen molar-refractivity contribution in [3.63, 3.8) is 0 Å². The molecule has 1 aromatic carbocycles. The van der Waals surface area contributed by atoms with Gasteiger partial charge < -0.3 is 0 Å². The number of nitrogens with one attached hydrogen (secondary N) is 1. The van der Waals surface area contributed by atoms with E-state index < -0.39 is 0 Å². The number of rotatable bonds is 4. The third-order valence-electron chi connectivity index (χ3n) is 4.17. The zero-order chi connectivity index (χ0) is 13.4. The van der Waals surface area contributed by atoms with E-state index in [1.807, 2.05) is 11.3 Å². The molecule has 1 aliphatic rings. The summed E-state index contributed by atoms with van der Waals surface area (Å²) in [6.45, 7) is 4.35. The summed E-state index contributed by atoms with van der Waals surface area (Å²) in [5.41, 5.74) is 5.85. The molecule has 3 rings (SSSR count). The van der Waals surface area contributed by atoms with E-state index in [1.54, 1.807) is 0 Å². The van der Waals surface area contributed by atoms with E-state index in [0.29, 0.717) is 17.9 Å². The Balaban J connectivity index is 1.78. The smallest absolute Gasteiger partial charge is 0.0587 e. The largest absolute Gasteiger partial charge is 0.271 e. The molecule has 2 nitrogen and oxygen atoms in total. The quantitative estimate of drug-likeness (QED) is 0.658. The topological polar surface area (TPSA) is 38.0 Å². The third kappa shape index (κ3) is 2.46. The number of aryl methyl sites for hydroxylation is 2. The lowest BCUT2D eigenvalue weighted by Crippen LogP contribution is -2.29. The van der Waals surface area contributed by atoms with Crippen LogP contribution in [0.3, 0.4) is 0 Å². The Morgan fingerprint density at radius 2 is 2.00 bits per heavy atom. The van der Waals surface area contributed by atoms with Crippen molar-refractivity contribution < 1.29 is 0 Å². The second kappa shape index (κ2) is 5.08. The summed E-state index contributed by atoms with van der Waals surface area (Å²) in [7, 11) is 0. The fourth-order valence-corrected chi connectivity index (χ4v) is 4.02. The molecule has 0 bridgehead atoms. The molecule has 0 saturated heterocycles. The van der Waals surface area contributed by atoms with Crippen molar-refractivity contribution in [1.82, 2.24) is 5.43 Å². The van der Waals surface area contributed by atoms with Crippen LogP contribution < -0.4 is 11.3 Å². The summed E-state index contributed by atoms with van der Waals surface area (Å²) in [6, 6.07) is 13.3. The van der Waals surface area contributed by atoms with Crippen LogP contribution in [-0.4, -0.2) is 0 Å². The molecule has 1 heterocycles. The van der Waals surface area contributed by atoms with Gasteiger partial charge in [0, 0.05) is 9.75 Å². The average molecular weight is 272 g/mol. The molecule has 0 radical (unpaired) electrons. The number of thiophene rings is 1. The second-order valence-electron chi connectivity index (χ2n) is 5.45. The van der Waals surface area contributed by atoms with Gasteiger partial charge in [0.1, 0.15) is 0 Å². The normalized spacial score (nSPS) is 23.3. The zero-order valence-electron chi connectivity index (χ0n) is 11.4. The van der Waals surface area contributed by atoms with E-state index >= 15 is 0 Å². The highest BCUT2D eigenvalue weighted by atomic mass is 32.1. The average Bonchev–Trinajstić information content (AvgIpc) is 3.13. The summed E-state index contributed by atoms with van der Waals surface area (Å²) in [4.78, 5) is 2.77. The van der Waals surface area contributed by atoms with Crippen LogP contribution in [0.5, 0.6) is 0 Å². The van der Waals surface area contributed by atoms with Gasteiger partial charge in [-0.1, -0.05) is 30.3 Å². The van der Waals surface area contributed by atoms with Crippen LogP contribution in [0.4, 0.5) is 0 Å². The van der Waals surface area contributed by atoms with Gasteiger partial charge in [0.05, 0.1) is 6.04 Å². The van der Waals surface area contributed by atoms with Gasteiger partial charge in [-0.15, -0.1) is 11.3 Å². The Labute approximate surface area is 118 Å². The van der Waals surface area contributed by atoms with Crippen molar-refractivity contribution in [2.24, 2.45) is 11.8 Å². The van der Waals surface area contributed by atoms with E-state index in [4.69, 9.17) is 5.84 Å². The number of hydrazine groups is 1. The van der Waals surface area contributed by atoms with Crippen LogP contribution in [0.25, 0.3) is 0 Å². The Morgan fingerprint density at radius 1 is 1.26 bits per heavy atom. The monoisotopic (exact) mass is 272 g/mol. The molecular weight excluding hydrogens is 252 g/mol. The molecule has 1 fully saturated rings. The lowest BCUT2D eigenvalue weighted by molar-refractivity contribution is 0.495. The van der Waals surface area contributed by atoms with Gasteiger partial charge >= 0.3 is 0 Å². The molecule has 2 aromatic rings. The van der Waals surface area contributed by atoms with Crippen LogP contribution in [-0.2, 0) is 0 Å². The molecule has 3 unspecified atom stereocenters. The number of hydrogen-bond acceptors (Lipinski definition) is 3. The molecule has 1 aliphatic carbocycles. The van der Waals surface area contributed by atoms with Crippen LogP contribution in [0.2, 0.25) is 0 Å². The molecule has 0 aliphatic heterocycles. The standard InChI is InChI=1S/C16H20N2S/c1-10-8-15(19-11(10)2)16(18-17)14-9-13(14)12-6-4-3-5-7-12/h3-8,13-14,16,18H,9,17H2,1-2H3. The minimum atomic E-state index is 0.294. The van der Waals surface area contributed by atoms with Crippen molar-refractivity contribution in [2.75, 3.05) is 0 Å². The molecule has 3 N–H and O–H groups in total. The van der Waals surface area contributed by atoms with Crippen molar-refractivity contribution in [1.29, 1.82) is 0 Å². The Hall–Kier alpha value is -1.16. The van der Waals surface area contributed by atoms with Crippen LogP contribution in [0, 0.1) is 19.8 Å². The van der Waals surface area contributed by atoms with Gasteiger partial charge in [-0.2, -0.15) is 0 Å². The first kappa shape index (κ1) is 12.9. The van der Waals surface area contributed by atoms with E-state index in [-0.39, 0.29) is 0 Å². The van der Waals surface area contributed by atoms with E-state index in [0.717, 1.165) is 0 Å². The van der Waals surface area contributed by atoms with Gasteiger partial charge in [-0.3, -0.25) is 11.3 Å². The van der Waals surface area contributed by atoms with E-state index in [9.17, 15) is 0 Å². The highest BCUT2D eigenvalue weighted by Gasteiger charge is 2.44. The van der Waals surface area contributed by atoms with Gasteiger partial charge in [0.25, 0.3) is 0 Å². The van der Waals surface area contributed by atoms with Crippen molar-refractivity contribution in [3.8, 4) is 0 Å². The molecule has 3 atom stereocenters. The van der Waals surface area contributed by atoms with Crippen molar-refractivity contribution in [2.45, 2.75) is 32.2 Å². The fourth-order valence-electron chi connectivity index (χ4n) is 2.84. The Bertz CT molecular complexity index is 542. The minimum absolute atomic E-state index is 0.294. The molecule has 100 valence electrons. The summed E-state index contributed by atoms with van der Waals surface area (Å²) in [5, 5.41) is 0. The minimum Gasteiger partial charge on any atom is -0.271 e.